The second kappa shape index (κ2) is 7.27. The number of hydrogen-bond donors (Lipinski definition) is 0. The fourth-order valence-electron chi connectivity index (χ4n) is 2.79. The fourth-order valence-corrected chi connectivity index (χ4v) is 5.00. The van der Waals surface area contributed by atoms with E-state index < -0.39 is 27.8 Å². The highest BCUT2D eigenvalue weighted by atomic mass is 127. The molecule has 0 spiro atoms. The maximum absolute atomic E-state index is 13.0. The molecule has 0 saturated heterocycles. The van der Waals surface area contributed by atoms with Crippen LogP contribution >= 0.6 is 22.6 Å². The van der Waals surface area contributed by atoms with Gasteiger partial charge >= 0.3 is 6.18 Å². The molecular weight excluding hydrogens is 494 g/mol. The second-order valence-corrected chi connectivity index (χ2v) is 8.89. The van der Waals surface area contributed by atoms with E-state index in [4.69, 9.17) is 0 Å². The first-order valence-electron chi connectivity index (χ1n) is 7.77. The Hall–Kier alpha value is -1.88. The van der Waals surface area contributed by atoms with Gasteiger partial charge in [-0.2, -0.15) is 13.2 Å². The number of sulfonamides is 1. The number of benzene rings is 2. The molecule has 0 saturated carbocycles. The molecular formula is C18H13F3INO3S. The summed E-state index contributed by atoms with van der Waals surface area (Å²) in [7, 11) is -4.14. The highest BCUT2D eigenvalue weighted by molar-refractivity contribution is 14.1. The Morgan fingerprint density at radius 1 is 1.04 bits per heavy atom. The van der Waals surface area contributed by atoms with Crippen molar-refractivity contribution in [2.75, 3.05) is 0 Å². The van der Waals surface area contributed by atoms with Crippen molar-refractivity contribution in [3.8, 4) is 0 Å². The van der Waals surface area contributed by atoms with Gasteiger partial charge < -0.3 is 0 Å². The van der Waals surface area contributed by atoms with E-state index in [1.54, 1.807) is 24.3 Å². The van der Waals surface area contributed by atoms with Crippen LogP contribution in [0.2, 0.25) is 0 Å². The first-order valence-corrected chi connectivity index (χ1v) is 10.3. The second-order valence-electron chi connectivity index (χ2n) is 5.88. The molecule has 27 heavy (non-hydrogen) atoms. The van der Waals surface area contributed by atoms with Crippen LogP contribution in [-0.4, -0.2) is 18.5 Å². The minimum Gasteiger partial charge on any atom is -0.295 e. The lowest BCUT2D eigenvalue weighted by molar-refractivity contribution is -0.137. The smallest absolute Gasteiger partial charge is 0.295 e. The molecule has 2 aromatic rings. The third kappa shape index (κ3) is 4.03. The third-order valence-electron chi connectivity index (χ3n) is 4.13. The van der Waals surface area contributed by atoms with E-state index in [9.17, 15) is 26.4 Å². The van der Waals surface area contributed by atoms with Crippen LogP contribution in [0.3, 0.4) is 0 Å². The maximum Gasteiger partial charge on any atom is 0.416 e. The van der Waals surface area contributed by atoms with Crippen LogP contribution < -0.4 is 0 Å². The minimum atomic E-state index is -4.55. The predicted octanol–water partition coefficient (Wildman–Crippen LogP) is 4.53. The molecule has 2 aromatic carbocycles. The molecule has 1 heterocycles. The summed E-state index contributed by atoms with van der Waals surface area (Å²) in [6.45, 7) is 0. The van der Waals surface area contributed by atoms with Crippen LogP contribution in [0.5, 0.6) is 0 Å². The number of rotatable bonds is 3. The molecule has 0 bridgehead atoms. The van der Waals surface area contributed by atoms with Crippen LogP contribution in [0.1, 0.15) is 23.6 Å². The van der Waals surface area contributed by atoms with E-state index in [1.165, 1.54) is 6.20 Å². The number of alkyl halides is 3. The molecule has 0 fully saturated rings. The van der Waals surface area contributed by atoms with E-state index in [0.717, 1.165) is 38.2 Å². The zero-order chi connectivity index (χ0) is 19.8. The molecule has 1 aliphatic heterocycles. The van der Waals surface area contributed by atoms with Gasteiger partial charge in [0.1, 0.15) is 0 Å². The largest absolute Gasteiger partial charge is 0.416 e. The summed E-state index contributed by atoms with van der Waals surface area (Å²) in [5.41, 5.74) is -0.272. The van der Waals surface area contributed by atoms with Gasteiger partial charge in [-0.05, 0) is 64.6 Å². The van der Waals surface area contributed by atoms with E-state index in [2.05, 4.69) is 22.6 Å². The van der Waals surface area contributed by atoms with Crippen molar-refractivity contribution in [1.82, 2.24) is 4.31 Å². The van der Waals surface area contributed by atoms with Crippen molar-refractivity contribution in [1.29, 1.82) is 0 Å². The molecule has 4 nitrogen and oxygen atoms in total. The van der Waals surface area contributed by atoms with Crippen molar-refractivity contribution >= 4 is 38.4 Å². The van der Waals surface area contributed by atoms with Crippen molar-refractivity contribution in [2.24, 2.45) is 0 Å². The zero-order valence-corrected chi connectivity index (χ0v) is 16.6. The summed E-state index contributed by atoms with van der Waals surface area (Å²) in [6.07, 6.45) is -2.26. The average molecular weight is 507 g/mol. The minimum absolute atomic E-state index is 0.0453. The average Bonchev–Trinajstić information content (AvgIpc) is 2.61. The summed E-state index contributed by atoms with van der Waals surface area (Å²) in [4.78, 5) is 11.6. The fraction of sp³-hybridized carbons (Fsp3) is 0.167. The van der Waals surface area contributed by atoms with Crippen LogP contribution in [-0.2, 0) is 21.0 Å². The van der Waals surface area contributed by atoms with Gasteiger partial charge in [-0.1, -0.05) is 18.2 Å². The van der Waals surface area contributed by atoms with Crippen LogP contribution in [0, 0.1) is 3.57 Å². The molecule has 0 amide bonds. The summed E-state index contributed by atoms with van der Waals surface area (Å²) >= 11 is 2.05. The molecule has 1 unspecified atom stereocenters. The lowest BCUT2D eigenvalue weighted by Gasteiger charge is -2.32. The Kier molecular flexibility index (Phi) is 5.35. The topological polar surface area (TPSA) is 54.5 Å². The number of carbonyl (C=O) groups excluding carboxylic acids is 1. The van der Waals surface area contributed by atoms with Crippen LogP contribution in [0.4, 0.5) is 13.2 Å². The monoisotopic (exact) mass is 507 g/mol. The number of nitrogens with zero attached hydrogens (tertiary/aromatic N) is 1. The van der Waals surface area contributed by atoms with Gasteiger partial charge in [0, 0.05) is 16.2 Å². The Balaban J connectivity index is 2.04. The first kappa shape index (κ1) is 19.9. The number of ketones is 1. The molecule has 142 valence electrons. The van der Waals surface area contributed by atoms with Gasteiger partial charge in [0.2, 0.25) is 0 Å². The quantitative estimate of drug-likeness (QED) is 0.574. The van der Waals surface area contributed by atoms with E-state index in [1.807, 2.05) is 0 Å². The molecule has 0 radical (unpaired) electrons. The number of allylic oxidation sites excluding steroid dienone is 1. The van der Waals surface area contributed by atoms with Gasteiger partial charge in [0.05, 0.1) is 16.5 Å². The summed E-state index contributed by atoms with van der Waals surface area (Å²) in [5.74, 6) is -0.224. The predicted molar refractivity (Wildman–Crippen MR) is 101 cm³/mol. The van der Waals surface area contributed by atoms with Crippen molar-refractivity contribution in [2.45, 2.75) is 23.5 Å². The van der Waals surface area contributed by atoms with E-state index in [0.29, 0.717) is 5.56 Å². The first-order chi connectivity index (χ1) is 12.6. The van der Waals surface area contributed by atoms with Gasteiger partial charge in [0.15, 0.2) is 5.78 Å². The molecule has 0 aliphatic carbocycles. The van der Waals surface area contributed by atoms with Gasteiger partial charge in [-0.3, -0.25) is 9.10 Å². The van der Waals surface area contributed by atoms with Crippen molar-refractivity contribution in [3.05, 3.63) is 75.5 Å². The molecule has 1 atom stereocenters. The molecule has 0 aromatic heterocycles. The molecule has 1 aliphatic rings. The Morgan fingerprint density at radius 3 is 2.26 bits per heavy atom. The molecule has 3 rings (SSSR count). The lowest BCUT2D eigenvalue weighted by Crippen LogP contribution is -2.34. The Labute approximate surface area is 167 Å². The SMILES string of the molecule is O=C1C=CN(S(=O)(=O)c2ccc(C(F)(F)F)cc2)C(c2ccccc2I)C1. The maximum atomic E-state index is 13.0. The standard InChI is InChI=1S/C18H13F3INO3S/c19-18(20,21)12-5-7-14(8-6-12)27(25,26)23-10-9-13(24)11-17(23)15-3-1-2-4-16(15)22/h1-10,17H,11H2. The Morgan fingerprint density at radius 2 is 1.67 bits per heavy atom. The Bertz CT molecular complexity index is 1000. The molecule has 9 heteroatoms. The summed E-state index contributed by atoms with van der Waals surface area (Å²) in [6, 6.07) is 9.60. The number of halogens is 4. The van der Waals surface area contributed by atoms with Crippen LogP contribution in [0.25, 0.3) is 0 Å². The van der Waals surface area contributed by atoms with Crippen molar-refractivity contribution < 1.29 is 26.4 Å². The van der Waals surface area contributed by atoms with E-state index in [-0.39, 0.29) is 17.1 Å². The third-order valence-corrected chi connectivity index (χ3v) is 6.91. The van der Waals surface area contributed by atoms with E-state index >= 15 is 0 Å². The molecule has 0 N–H and O–H groups in total. The highest BCUT2D eigenvalue weighted by Gasteiger charge is 2.35. The van der Waals surface area contributed by atoms with Crippen molar-refractivity contribution in [3.63, 3.8) is 0 Å². The number of hydrogen-bond acceptors (Lipinski definition) is 3. The highest BCUT2D eigenvalue weighted by Crippen LogP contribution is 2.36. The summed E-state index contributed by atoms with van der Waals surface area (Å²) < 4.78 is 66.1. The summed E-state index contributed by atoms with van der Waals surface area (Å²) in [5, 5.41) is 0. The van der Waals surface area contributed by atoms with Gasteiger partial charge in [-0.25, -0.2) is 8.42 Å². The van der Waals surface area contributed by atoms with Gasteiger partial charge in [0.25, 0.3) is 10.0 Å². The van der Waals surface area contributed by atoms with Gasteiger partial charge in [-0.15, -0.1) is 0 Å². The normalized spacial score (nSPS) is 18.0. The lowest BCUT2D eigenvalue weighted by atomic mass is 9.99. The number of carbonyl (C=O) groups is 1. The van der Waals surface area contributed by atoms with Crippen LogP contribution in [0.15, 0.2) is 65.7 Å². The zero-order valence-electron chi connectivity index (χ0n) is 13.7.